The van der Waals surface area contributed by atoms with Gasteiger partial charge in [-0.2, -0.15) is 0 Å². The highest BCUT2D eigenvalue weighted by atomic mass is 16.5. The molecule has 0 radical (unpaired) electrons. The number of hydrogen-bond acceptors (Lipinski definition) is 6. The number of aryl methyl sites for hydroxylation is 1. The zero-order valence-corrected chi connectivity index (χ0v) is 18.8. The van der Waals surface area contributed by atoms with Crippen molar-refractivity contribution < 1.29 is 23.7 Å². The quantitative estimate of drug-likeness (QED) is 0.614. The molecule has 2 aromatic carbocycles. The Morgan fingerprint density at radius 3 is 2.53 bits per heavy atom. The molecule has 6 heteroatoms. The van der Waals surface area contributed by atoms with E-state index in [2.05, 4.69) is 4.90 Å². The molecule has 0 aliphatic carbocycles. The number of carbonyl (C=O) groups is 1. The molecule has 0 N–H and O–H groups in total. The highest BCUT2D eigenvalue weighted by Crippen LogP contribution is 2.47. The molecule has 0 amide bonds. The first-order chi connectivity index (χ1) is 15.6. The Morgan fingerprint density at radius 2 is 1.75 bits per heavy atom. The predicted octanol–water partition coefficient (Wildman–Crippen LogP) is 5.04. The fraction of sp³-hybridized carbons (Fsp3) is 0.500. The molecule has 4 aliphatic heterocycles. The molecule has 4 heterocycles. The molecule has 3 atom stereocenters. The molecule has 170 valence electrons. The van der Waals surface area contributed by atoms with Crippen LogP contribution in [0.4, 0.5) is 0 Å². The van der Waals surface area contributed by atoms with E-state index in [4.69, 9.17) is 18.9 Å². The molecule has 0 saturated carbocycles. The summed E-state index contributed by atoms with van der Waals surface area (Å²) in [7, 11) is 3.29. The fourth-order valence-corrected chi connectivity index (χ4v) is 5.44. The molecular formula is C26H31NO5. The monoisotopic (exact) mass is 437 g/mol. The maximum Gasteiger partial charge on any atom is 0.306 e. The largest absolute Gasteiger partial charge is 0.493 e. The van der Waals surface area contributed by atoms with Crippen LogP contribution in [0.5, 0.6) is 23.0 Å². The number of esters is 1. The van der Waals surface area contributed by atoms with Crippen LogP contribution in [0.25, 0.3) is 0 Å². The molecule has 2 aromatic rings. The van der Waals surface area contributed by atoms with Crippen LogP contribution in [0.3, 0.4) is 0 Å². The summed E-state index contributed by atoms with van der Waals surface area (Å²) in [5.74, 6) is 2.73. The number of benzene rings is 2. The van der Waals surface area contributed by atoms with Crippen molar-refractivity contribution in [3.05, 3.63) is 47.5 Å². The van der Waals surface area contributed by atoms with Gasteiger partial charge >= 0.3 is 5.97 Å². The van der Waals surface area contributed by atoms with Gasteiger partial charge < -0.3 is 18.9 Å². The van der Waals surface area contributed by atoms with E-state index in [1.807, 2.05) is 36.4 Å². The van der Waals surface area contributed by atoms with Crippen LogP contribution in [0, 0.1) is 0 Å². The van der Waals surface area contributed by atoms with Crippen LogP contribution < -0.4 is 14.2 Å². The number of rotatable bonds is 2. The summed E-state index contributed by atoms with van der Waals surface area (Å²) in [5, 5.41) is 0. The van der Waals surface area contributed by atoms with E-state index in [0.717, 1.165) is 48.4 Å². The zero-order valence-electron chi connectivity index (χ0n) is 18.8. The number of fused-ring (bicyclic) bond motifs is 6. The van der Waals surface area contributed by atoms with Gasteiger partial charge in [0.2, 0.25) is 0 Å². The lowest BCUT2D eigenvalue weighted by Crippen LogP contribution is -2.49. The summed E-state index contributed by atoms with van der Waals surface area (Å²) in [6.07, 6.45) is 6.18. The number of ether oxygens (including phenoxy) is 4. The van der Waals surface area contributed by atoms with Crippen molar-refractivity contribution in [3.8, 4) is 23.0 Å². The summed E-state index contributed by atoms with van der Waals surface area (Å²) < 4.78 is 23.6. The van der Waals surface area contributed by atoms with E-state index in [-0.39, 0.29) is 18.1 Å². The molecule has 6 nitrogen and oxygen atoms in total. The molecule has 4 bridgehead atoms. The Labute approximate surface area is 189 Å². The van der Waals surface area contributed by atoms with E-state index in [9.17, 15) is 4.79 Å². The normalized spacial score (nSPS) is 25.6. The van der Waals surface area contributed by atoms with Crippen molar-refractivity contribution in [3.63, 3.8) is 0 Å². The molecule has 32 heavy (non-hydrogen) atoms. The maximum absolute atomic E-state index is 12.7. The Hall–Kier alpha value is -2.73. The number of hydrogen-bond donors (Lipinski definition) is 0. The molecule has 2 fully saturated rings. The smallest absolute Gasteiger partial charge is 0.306 e. The zero-order chi connectivity index (χ0) is 22.1. The summed E-state index contributed by atoms with van der Waals surface area (Å²) in [4.78, 5) is 15.2. The van der Waals surface area contributed by atoms with Gasteiger partial charge in [0, 0.05) is 43.0 Å². The van der Waals surface area contributed by atoms with E-state index in [1.165, 1.54) is 12.8 Å². The first kappa shape index (κ1) is 21.1. The van der Waals surface area contributed by atoms with Gasteiger partial charge in [0.05, 0.1) is 14.2 Å². The van der Waals surface area contributed by atoms with Crippen molar-refractivity contribution in [2.45, 2.75) is 63.1 Å². The van der Waals surface area contributed by atoms with Crippen LogP contribution in [0.2, 0.25) is 0 Å². The second-order valence-electron chi connectivity index (χ2n) is 8.98. The third-order valence-corrected chi connectivity index (χ3v) is 7.04. The number of piperidine rings is 2. The van der Waals surface area contributed by atoms with Crippen molar-refractivity contribution in [2.24, 2.45) is 0 Å². The minimum atomic E-state index is -0.108. The first-order valence-corrected chi connectivity index (χ1v) is 11.6. The SMILES string of the molecule is COc1cc2c(cc1OC)C1C[C@H](C[C@H]3CCCCN13)OC(=O)CCc1ccc(cc1)O2. The highest BCUT2D eigenvalue weighted by molar-refractivity contribution is 5.70. The van der Waals surface area contributed by atoms with Crippen molar-refractivity contribution in [1.82, 2.24) is 4.90 Å². The van der Waals surface area contributed by atoms with Crippen LogP contribution in [0.1, 0.15) is 55.7 Å². The van der Waals surface area contributed by atoms with Gasteiger partial charge in [-0.3, -0.25) is 9.69 Å². The summed E-state index contributed by atoms with van der Waals surface area (Å²) in [6, 6.07) is 12.4. The standard InChI is InChI=1S/C26H31NO5/c1-29-24-15-21-22-14-20(13-18-5-3-4-12-27(18)22)32-26(28)11-8-17-6-9-19(10-7-17)31-23(21)16-25(24)30-2/h6-7,9-10,15-16,18,20,22H,3-5,8,11-14H2,1-2H3/t18-,20+,22?/m1/s1. The Morgan fingerprint density at radius 1 is 0.969 bits per heavy atom. The molecular weight excluding hydrogens is 406 g/mol. The second kappa shape index (κ2) is 9.02. The number of methoxy groups -OCH3 is 2. The molecule has 4 aliphatic rings. The third-order valence-electron chi connectivity index (χ3n) is 7.04. The fourth-order valence-electron chi connectivity index (χ4n) is 5.44. The molecule has 2 saturated heterocycles. The molecule has 0 aromatic heterocycles. The molecule has 6 rings (SSSR count). The highest BCUT2D eigenvalue weighted by Gasteiger charge is 2.40. The van der Waals surface area contributed by atoms with Crippen LogP contribution in [0.15, 0.2) is 36.4 Å². The van der Waals surface area contributed by atoms with Crippen LogP contribution >= 0.6 is 0 Å². The lowest BCUT2D eigenvalue weighted by atomic mass is 9.84. The molecule has 0 spiro atoms. The average molecular weight is 438 g/mol. The van der Waals surface area contributed by atoms with Crippen molar-refractivity contribution in [1.29, 1.82) is 0 Å². The summed E-state index contributed by atoms with van der Waals surface area (Å²) in [5.41, 5.74) is 2.15. The van der Waals surface area contributed by atoms with Crippen molar-refractivity contribution >= 4 is 5.97 Å². The van der Waals surface area contributed by atoms with E-state index in [1.54, 1.807) is 14.2 Å². The maximum atomic E-state index is 12.7. The van der Waals surface area contributed by atoms with Gasteiger partial charge in [-0.25, -0.2) is 0 Å². The van der Waals surface area contributed by atoms with Crippen LogP contribution in [-0.4, -0.2) is 43.8 Å². The van der Waals surface area contributed by atoms with E-state index >= 15 is 0 Å². The Balaban J connectivity index is 1.63. The van der Waals surface area contributed by atoms with Gasteiger partial charge in [-0.15, -0.1) is 0 Å². The van der Waals surface area contributed by atoms with Gasteiger partial charge in [0.1, 0.15) is 17.6 Å². The minimum absolute atomic E-state index is 0.0864. The van der Waals surface area contributed by atoms with E-state index in [0.29, 0.717) is 30.4 Å². The average Bonchev–Trinajstić information content (AvgIpc) is 2.82. The van der Waals surface area contributed by atoms with E-state index < -0.39 is 0 Å². The minimum Gasteiger partial charge on any atom is -0.493 e. The van der Waals surface area contributed by atoms with Gasteiger partial charge in [0.25, 0.3) is 0 Å². The number of carbonyl (C=O) groups excluding carboxylic acids is 1. The first-order valence-electron chi connectivity index (χ1n) is 11.6. The Bertz CT molecular complexity index is 973. The van der Waals surface area contributed by atoms with Gasteiger partial charge in [-0.1, -0.05) is 18.6 Å². The predicted molar refractivity (Wildman–Crippen MR) is 121 cm³/mol. The lowest BCUT2D eigenvalue weighted by molar-refractivity contribution is -0.154. The molecule has 1 unspecified atom stereocenters. The van der Waals surface area contributed by atoms with Gasteiger partial charge in [0.15, 0.2) is 11.5 Å². The Kier molecular flexibility index (Phi) is 5.96. The second-order valence-corrected chi connectivity index (χ2v) is 8.98. The topological polar surface area (TPSA) is 57.2 Å². The summed E-state index contributed by atoms with van der Waals surface area (Å²) >= 11 is 0. The van der Waals surface area contributed by atoms with Crippen LogP contribution in [-0.2, 0) is 16.0 Å². The van der Waals surface area contributed by atoms with Crippen molar-refractivity contribution in [2.75, 3.05) is 20.8 Å². The summed E-state index contributed by atoms with van der Waals surface area (Å²) in [6.45, 7) is 1.04. The third kappa shape index (κ3) is 4.16. The van der Waals surface area contributed by atoms with Gasteiger partial charge in [-0.05, 0) is 49.6 Å². The number of nitrogens with zero attached hydrogens (tertiary/aromatic N) is 1. The lowest BCUT2D eigenvalue weighted by Gasteiger charge is -2.47.